The molecule has 326 valence electrons. The first-order valence-electron chi connectivity index (χ1n) is 24.1. The summed E-state index contributed by atoms with van der Waals surface area (Å²) in [4.78, 5) is 2.40. The largest absolute Gasteiger partial charge is 0.455 e. The molecule has 0 aliphatic rings. The van der Waals surface area contributed by atoms with Gasteiger partial charge in [-0.15, -0.1) is 0 Å². The fourth-order valence-corrected chi connectivity index (χ4v) is 11.1. The Morgan fingerprint density at radius 2 is 0.686 bits per heavy atom. The summed E-state index contributed by atoms with van der Waals surface area (Å²) in [5.41, 5.74) is 14.2. The molecule has 14 aromatic rings. The van der Waals surface area contributed by atoms with Crippen molar-refractivity contribution in [3.63, 3.8) is 0 Å². The fourth-order valence-electron chi connectivity index (χ4n) is 11.1. The second kappa shape index (κ2) is 16.2. The van der Waals surface area contributed by atoms with Crippen LogP contribution < -0.4 is 4.90 Å². The van der Waals surface area contributed by atoms with E-state index in [1.54, 1.807) is 0 Å². The van der Waals surface area contributed by atoms with Crippen molar-refractivity contribution in [3.8, 4) is 44.5 Å². The van der Waals surface area contributed by atoms with Crippen molar-refractivity contribution < 1.29 is 4.42 Å². The first-order valence-corrected chi connectivity index (χ1v) is 24.1. The Kier molecular flexibility index (Phi) is 9.25. The summed E-state index contributed by atoms with van der Waals surface area (Å²) in [6.45, 7) is 0. The number of nitrogens with zero attached hydrogens (tertiary/aromatic N) is 1. The Morgan fingerprint density at radius 3 is 1.30 bits per heavy atom. The summed E-state index contributed by atoms with van der Waals surface area (Å²) in [7, 11) is 0. The van der Waals surface area contributed by atoms with Gasteiger partial charge in [0.2, 0.25) is 0 Å². The van der Waals surface area contributed by atoms with Crippen LogP contribution >= 0.6 is 0 Å². The quantitative estimate of drug-likeness (QED) is 0.148. The standard InChI is InChI=1S/C68H43NO/c1-2-14-44(15-3-1)45-26-28-46(29-27-45)47-30-35-51(36-31-47)69(52-37-32-48(33-38-52)49-34-39-60-57-21-8-7-19-55(57)56-20-9-11-23-59(56)63(60)42-49)65-41-40-61(68-67(65)62-24-12-13-25-66(62)70-68)64-43-50-16-4-5-17-53(50)54-18-6-10-22-58(54)64/h1-43H. The van der Waals surface area contributed by atoms with Crippen LogP contribution in [0.1, 0.15) is 0 Å². The number of anilines is 3. The van der Waals surface area contributed by atoms with Crippen LogP contribution in [0.5, 0.6) is 0 Å². The van der Waals surface area contributed by atoms with E-state index in [-0.39, 0.29) is 0 Å². The maximum atomic E-state index is 7.02. The van der Waals surface area contributed by atoms with Gasteiger partial charge in [0.15, 0.2) is 0 Å². The van der Waals surface area contributed by atoms with Crippen molar-refractivity contribution in [1.29, 1.82) is 0 Å². The topological polar surface area (TPSA) is 16.4 Å². The Bertz CT molecular complexity index is 4280. The molecule has 0 aliphatic carbocycles. The van der Waals surface area contributed by atoms with E-state index in [9.17, 15) is 0 Å². The highest BCUT2D eigenvalue weighted by molar-refractivity contribution is 6.26. The molecule has 14 rings (SSSR count). The molecule has 2 nitrogen and oxygen atoms in total. The number of hydrogen-bond acceptors (Lipinski definition) is 2. The molecule has 0 fully saturated rings. The molecule has 2 heteroatoms. The van der Waals surface area contributed by atoms with E-state index in [2.05, 4.69) is 266 Å². The average molecular weight is 890 g/mol. The summed E-state index contributed by atoms with van der Waals surface area (Å²) in [5.74, 6) is 0. The number of fused-ring (bicyclic) bond motifs is 12. The van der Waals surface area contributed by atoms with Crippen molar-refractivity contribution in [1.82, 2.24) is 0 Å². The zero-order chi connectivity index (χ0) is 46.1. The van der Waals surface area contributed by atoms with Gasteiger partial charge in [0.1, 0.15) is 11.2 Å². The van der Waals surface area contributed by atoms with Crippen LogP contribution in [0.25, 0.3) is 120 Å². The number of benzene rings is 13. The molecule has 0 bridgehead atoms. The monoisotopic (exact) mass is 889 g/mol. The first-order chi connectivity index (χ1) is 34.7. The van der Waals surface area contributed by atoms with E-state index in [0.717, 1.165) is 61.3 Å². The van der Waals surface area contributed by atoms with Crippen LogP contribution in [0.3, 0.4) is 0 Å². The molecule has 0 spiro atoms. The molecule has 1 aromatic heterocycles. The maximum Gasteiger partial charge on any atom is 0.145 e. The van der Waals surface area contributed by atoms with Gasteiger partial charge in [-0.3, -0.25) is 0 Å². The van der Waals surface area contributed by atoms with E-state index in [1.165, 1.54) is 76.1 Å². The Morgan fingerprint density at radius 1 is 0.257 bits per heavy atom. The summed E-state index contributed by atoms with van der Waals surface area (Å²) in [6, 6.07) is 94.9. The molecular weight excluding hydrogens is 847 g/mol. The third-order valence-electron chi connectivity index (χ3n) is 14.5. The van der Waals surface area contributed by atoms with Gasteiger partial charge in [-0.2, -0.15) is 0 Å². The summed E-state index contributed by atoms with van der Waals surface area (Å²) in [5, 5.41) is 14.7. The van der Waals surface area contributed by atoms with Crippen LogP contribution in [0.4, 0.5) is 17.1 Å². The summed E-state index contributed by atoms with van der Waals surface area (Å²) >= 11 is 0. The van der Waals surface area contributed by atoms with Gasteiger partial charge in [0.05, 0.1) is 11.1 Å². The number of para-hydroxylation sites is 1. The lowest BCUT2D eigenvalue weighted by Gasteiger charge is -2.27. The normalized spacial score (nSPS) is 11.7. The molecule has 0 atom stereocenters. The van der Waals surface area contributed by atoms with Gasteiger partial charge in [-0.1, -0.05) is 206 Å². The van der Waals surface area contributed by atoms with Crippen LogP contribution in [0.2, 0.25) is 0 Å². The number of hydrogen-bond donors (Lipinski definition) is 0. The fraction of sp³-hybridized carbons (Fsp3) is 0. The second-order valence-electron chi connectivity index (χ2n) is 18.3. The van der Waals surface area contributed by atoms with Gasteiger partial charge >= 0.3 is 0 Å². The minimum absolute atomic E-state index is 0.859. The van der Waals surface area contributed by atoms with Crippen molar-refractivity contribution >= 4 is 92.9 Å². The number of furan rings is 1. The third kappa shape index (κ3) is 6.49. The van der Waals surface area contributed by atoms with Crippen molar-refractivity contribution in [2.24, 2.45) is 0 Å². The van der Waals surface area contributed by atoms with Crippen molar-refractivity contribution in [2.45, 2.75) is 0 Å². The highest BCUT2D eigenvalue weighted by Gasteiger charge is 2.24. The van der Waals surface area contributed by atoms with Gasteiger partial charge in [-0.25, -0.2) is 0 Å². The minimum atomic E-state index is 0.859. The van der Waals surface area contributed by atoms with Gasteiger partial charge in [-0.05, 0) is 147 Å². The van der Waals surface area contributed by atoms with E-state index in [0.29, 0.717) is 0 Å². The first kappa shape index (κ1) is 39.9. The average Bonchev–Trinajstić information content (AvgIpc) is 3.84. The lowest BCUT2D eigenvalue weighted by Crippen LogP contribution is -2.10. The second-order valence-corrected chi connectivity index (χ2v) is 18.3. The predicted molar refractivity (Wildman–Crippen MR) is 298 cm³/mol. The molecule has 0 N–H and O–H groups in total. The van der Waals surface area contributed by atoms with Gasteiger partial charge < -0.3 is 9.32 Å². The highest BCUT2D eigenvalue weighted by atomic mass is 16.3. The zero-order valence-corrected chi connectivity index (χ0v) is 38.2. The lowest BCUT2D eigenvalue weighted by molar-refractivity contribution is 0.670. The zero-order valence-electron chi connectivity index (χ0n) is 38.2. The van der Waals surface area contributed by atoms with E-state index >= 15 is 0 Å². The smallest absolute Gasteiger partial charge is 0.145 e. The van der Waals surface area contributed by atoms with Crippen LogP contribution in [-0.2, 0) is 0 Å². The number of rotatable bonds is 7. The van der Waals surface area contributed by atoms with E-state index in [4.69, 9.17) is 4.42 Å². The van der Waals surface area contributed by atoms with Gasteiger partial charge in [0.25, 0.3) is 0 Å². The summed E-state index contributed by atoms with van der Waals surface area (Å²) in [6.07, 6.45) is 0. The molecule has 13 aromatic carbocycles. The Balaban J connectivity index is 0.938. The Labute approximate surface area is 405 Å². The molecule has 0 unspecified atom stereocenters. The Hall–Kier alpha value is -9.24. The SMILES string of the molecule is c1ccc(-c2ccc(-c3ccc(N(c4ccc(-c5ccc6c7ccccc7c7ccccc7c6c5)cc4)c4ccc(-c5cc6ccccc6c6ccccc56)c5oc6ccccc6c45)cc3)cc2)cc1. The maximum absolute atomic E-state index is 7.02. The van der Waals surface area contributed by atoms with Crippen molar-refractivity contribution in [3.05, 3.63) is 261 Å². The molecule has 0 aliphatic heterocycles. The molecule has 70 heavy (non-hydrogen) atoms. The van der Waals surface area contributed by atoms with E-state index < -0.39 is 0 Å². The van der Waals surface area contributed by atoms with Crippen molar-refractivity contribution in [2.75, 3.05) is 4.90 Å². The van der Waals surface area contributed by atoms with E-state index in [1.807, 2.05) is 0 Å². The molecule has 0 saturated heterocycles. The summed E-state index contributed by atoms with van der Waals surface area (Å²) < 4.78 is 7.02. The molecule has 0 radical (unpaired) electrons. The van der Waals surface area contributed by atoms with Crippen LogP contribution in [0.15, 0.2) is 265 Å². The van der Waals surface area contributed by atoms with Crippen LogP contribution in [0, 0.1) is 0 Å². The molecule has 0 saturated carbocycles. The molecule has 0 amide bonds. The highest BCUT2D eigenvalue weighted by Crippen LogP contribution is 2.48. The van der Waals surface area contributed by atoms with Crippen LogP contribution in [-0.4, -0.2) is 0 Å². The lowest BCUT2D eigenvalue weighted by atomic mass is 9.91. The predicted octanol–water partition coefficient (Wildman–Crippen LogP) is 19.5. The molecule has 1 heterocycles. The third-order valence-corrected chi connectivity index (χ3v) is 14.5. The minimum Gasteiger partial charge on any atom is -0.455 e. The molecular formula is C68H43NO. The van der Waals surface area contributed by atoms with Gasteiger partial charge in [0, 0.05) is 22.3 Å².